The van der Waals surface area contributed by atoms with Crippen LogP contribution in [-0.4, -0.2) is 14.1 Å². The molecular weight excluding hydrogens is 366 g/mol. The zero-order valence-corrected chi connectivity index (χ0v) is 15.7. The molecule has 0 bridgehead atoms. The van der Waals surface area contributed by atoms with E-state index < -0.39 is 0 Å². The second kappa shape index (κ2) is 5.59. The molecule has 24 heavy (non-hydrogen) atoms. The average Bonchev–Trinajstić information content (AvgIpc) is 3.35. The molecule has 4 nitrogen and oxygen atoms in total. The third-order valence-corrected chi connectivity index (χ3v) is 5.57. The predicted octanol–water partition coefficient (Wildman–Crippen LogP) is 4.14. The molecule has 0 amide bonds. The summed E-state index contributed by atoms with van der Waals surface area (Å²) in [5.74, 6) is 1.60. The normalized spacial score (nSPS) is 14.5. The Hall–Kier alpha value is -1.88. The SMILES string of the molecule is CCc1cc2c(=O)n(C)ccc2cc1-c1nc(Br)c(C2CC2)n1C. The van der Waals surface area contributed by atoms with Gasteiger partial charge in [-0.15, -0.1) is 0 Å². The van der Waals surface area contributed by atoms with Crippen molar-refractivity contribution in [2.45, 2.75) is 32.1 Å². The van der Waals surface area contributed by atoms with Crippen LogP contribution in [0.15, 0.2) is 33.8 Å². The zero-order valence-electron chi connectivity index (χ0n) is 14.1. The first-order chi connectivity index (χ1) is 11.5. The smallest absolute Gasteiger partial charge is 0.258 e. The first-order valence-electron chi connectivity index (χ1n) is 8.36. The van der Waals surface area contributed by atoms with Gasteiger partial charge in [-0.3, -0.25) is 4.79 Å². The highest BCUT2D eigenvalue weighted by molar-refractivity contribution is 9.10. The van der Waals surface area contributed by atoms with Crippen molar-refractivity contribution < 1.29 is 0 Å². The molecule has 0 aliphatic heterocycles. The molecule has 4 rings (SSSR count). The van der Waals surface area contributed by atoms with Gasteiger partial charge in [0.1, 0.15) is 10.4 Å². The van der Waals surface area contributed by atoms with Crippen LogP contribution in [-0.2, 0) is 20.5 Å². The fourth-order valence-corrected chi connectivity index (χ4v) is 4.21. The lowest BCUT2D eigenvalue weighted by atomic mass is 9.99. The Bertz CT molecular complexity index is 1010. The summed E-state index contributed by atoms with van der Waals surface area (Å²) >= 11 is 3.64. The molecule has 5 heteroatoms. The van der Waals surface area contributed by atoms with E-state index in [1.165, 1.54) is 18.5 Å². The highest BCUT2D eigenvalue weighted by Crippen LogP contribution is 2.44. The maximum Gasteiger partial charge on any atom is 0.258 e. The number of benzene rings is 1. The lowest BCUT2D eigenvalue weighted by molar-refractivity contribution is 0.830. The van der Waals surface area contributed by atoms with Crippen LogP contribution in [0.2, 0.25) is 0 Å². The molecule has 124 valence electrons. The maximum atomic E-state index is 12.4. The number of aromatic nitrogens is 3. The molecule has 1 aromatic carbocycles. The topological polar surface area (TPSA) is 39.8 Å². The Balaban J connectivity index is 1.98. The van der Waals surface area contributed by atoms with Crippen LogP contribution in [0.3, 0.4) is 0 Å². The van der Waals surface area contributed by atoms with Gasteiger partial charge >= 0.3 is 0 Å². The van der Waals surface area contributed by atoms with Gasteiger partial charge in [-0.25, -0.2) is 4.98 Å². The highest BCUT2D eigenvalue weighted by atomic mass is 79.9. The van der Waals surface area contributed by atoms with E-state index in [-0.39, 0.29) is 5.56 Å². The summed E-state index contributed by atoms with van der Waals surface area (Å²) in [5, 5.41) is 1.74. The van der Waals surface area contributed by atoms with E-state index in [1.54, 1.807) is 11.6 Å². The number of fused-ring (bicyclic) bond motifs is 1. The van der Waals surface area contributed by atoms with Crippen molar-refractivity contribution in [2.24, 2.45) is 14.1 Å². The van der Waals surface area contributed by atoms with Crippen molar-refractivity contribution >= 4 is 26.7 Å². The van der Waals surface area contributed by atoms with Gasteiger partial charge in [0.05, 0.1) is 5.69 Å². The lowest BCUT2D eigenvalue weighted by Crippen LogP contribution is -2.15. The number of aryl methyl sites for hydroxylation is 2. The minimum atomic E-state index is 0.0495. The number of halogens is 1. The molecule has 0 saturated heterocycles. The molecule has 2 aromatic heterocycles. The maximum absolute atomic E-state index is 12.4. The number of hydrogen-bond donors (Lipinski definition) is 0. The Kier molecular flexibility index (Phi) is 3.64. The van der Waals surface area contributed by atoms with Gasteiger partial charge in [0.15, 0.2) is 0 Å². The van der Waals surface area contributed by atoms with E-state index in [0.717, 1.165) is 38.7 Å². The highest BCUT2D eigenvalue weighted by Gasteiger charge is 2.31. The van der Waals surface area contributed by atoms with Crippen LogP contribution >= 0.6 is 15.9 Å². The first kappa shape index (κ1) is 15.6. The van der Waals surface area contributed by atoms with Crippen LogP contribution in [0.5, 0.6) is 0 Å². The summed E-state index contributed by atoms with van der Waals surface area (Å²) in [6, 6.07) is 6.15. The van der Waals surface area contributed by atoms with Crippen molar-refractivity contribution in [3.05, 3.63) is 50.6 Å². The van der Waals surface area contributed by atoms with Gasteiger partial charge < -0.3 is 9.13 Å². The monoisotopic (exact) mass is 385 g/mol. The summed E-state index contributed by atoms with van der Waals surface area (Å²) in [7, 11) is 3.88. The standard InChI is InChI=1S/C19H20BrN3O/c1-4-11-9-15-13(7-8-22(2)19(15)24)10-14(11)18-21-17(20)16(23(18)3)12-5-6-12/h7-10,12H,4-6H2,1-3H3. The molecular formula is C19H20BrN3O. The van der Waals surface area contributed by atoms with Gasteiger partial charge in [-0.1, -0.05) is 6.92 Å². The van der Waals surface area contributed by atoms with Crippen molar-refractivity contribution in [3.8, 4) is 11.4 Å². The first-order valence-corrected chi connectivity index (χ1v) is 9.15. The van der Waals surface area contributed by atoms with E-state index in [9.17, 15) is 4.79 Å². The van der Waals surface area contributed by atoms with Gasteiger partial charge in [-0.05, 0) is 64.3 Å². The summed E-state index contributed by atoms with van der Waals surface area (Å²) in [6.45, 7) is 2.12. The van der Waals surface area contributed by atoms with Crippen molar-refractivity contribution in [2.75, 3.05) is 0 Å². The minimum Gasteiger partial charge on any atom is -0.330 e. The van der Waals surface area contributed by atoms with E-state index in [1.807, 2.05) is 18.3 Å². The third-order valence-electron chi connectivity index (χ3n) is 4.98. The van der Waals surface area contributed by atoms with Crippen molar-refractivity contribution in [1.29, 1.82) is 0 Å². The molecule has 3 aromatic rings. The summed E-state index contributed by atoms with van der Waals surface area (Å²) in [5.41, 5.74) is 3.62. The molecule has 1 aliphatic rings. The van der Waals surface area contributed by atoms with Crippen LogP contribution in [0.4, 0.5) is 0 Å². The Morgan fingerprint density at radius 3 is 2.71 bits per heavy atom. The summed E-state index contributed by atoms with van der Waals surface area (Å²) in [6.07, 6.45) is 5.18. The molecule has 0 spiro atoms. The van der Waals surface area contributed by atoms with E-state index in [4.69, 9.17) is 4.98 Å². The molecule has 2 heterocycles. The number of pyridine rings is 1. The van der Waals surface area contributed by atoms with E-state index in [2.05, 4.69) is 40.5 Å². The van der Waals surface area contributed by atoms with Gasteiger partial charge in [0.25, 0.3) is 5.56 Å². The molecule has 0 unspecified atom stereocenters. The second-order valence-electron chi connectivity index (χ2n) is 6.63. The Morgan fingerprint density at radius 1 is 1.29 bits per heavy atom. The van der Waals surface area contributed by atoms with Crippen LogP contribution < -0.4 is 5.56 Å². The fourth-order valence-electron chi connectivity index (χ4n) is 3.45. The molecule has 0 atom stereocenters. The van der Waals surface area contributed by atoms with Gasteiger partial charge in [0, 0.05) is 37.2 Å². The average molecular weight is 386 g/mol. The number of hydrogen-bond acceptors (Lipinski definition) is 2. The fraction of sp³-hybridized carbons (Fsp3) is 0.368. The predicted molar refractivity (Wildman–Crippen MR) is 100 cm³/mol. The minimum absolute atomic E-state index is 0.0495. The van der Waals surface area contributed by atoms with Crippen LogP contribution in [0, 0.1) is 0 Å². The summed E-state index contributed by atoms with van der Waals surface area (Å²) < 4.78 is 4.79. The second-order valence-corrected chi connectivity index (χ2v) is 7.38. The molecule has 1 saturated carbocycles. The zero-order chi connectivity index (χ0) is 17.0. The van der Waals surface area contributed by atoms with Gasteiger partial charge in [0.2, 0.25) is 0 Å². The number of imidazole rings is 1. The van der Waals surface area contributed by atoms with E-state index in [0.29, 0.717) is 5.92 Å². The summed E-state index contributed by atoms with van der Waals surface area (Å²) in [4.78, 5) is 17.2. The number of nitrogens with zero attached hydrogens (tertiary/aromatic N) is 3. The van der Waals surface area contributed by atoms with Gasteiger partial charge in [-0.2, -0.15) is 0 Å². The number of rotatable bonds is 3. The van der Waals surface area contributed by atoms with Crippen molar-refractivity contribution in [1.82, 2.24) is 14.1 Å². The van der Waals surface area contributed by atoms with E-state index >= 15 is 0 Å². The quantitative estimate of drug-likeness (QED) is 0.679. The molecule has 1 fully saturated rings. The lowest BCUT2D eigenvalue weighted by Gasteiger charge is -2.12. The van der Waals surface area contributed by atoms with Crippen LogP contribution in [0.1, 0.15) is 36.9 Å². The molecule has 0 N–H and O–H groups in total. The van der Waals surface area contributed by atoms with Crippen molar-refractivity contribution in [3.63, 3.8) is 0 Å². The Labute approximate surface area is 149 Å². The Morgan fingerprint density at radius 2 is 2.04 bits per heavy atom. The third kappa shape index (κ3) is 2.34. The molecule has 0 radical (unpaired) electrons. The largest absolute Gasteiger partial charge is 0.330 e. The molecule has 1 aliphatic carbocycles. The van der Waals surface area contributed by atoms with Crippen LogP contribution in [0.25, 0.3) is 22.2 Å².